The Hall–Kier alpha value is -1.83. The van der Waals surface area contributed by atoms with Crippen LogP contribution in [0.25, 0.3) is 11.1 Å². The number of sulfonamides is 1. The number of nitrogens with zero attached hydrogens (tertiary/aromatic N) is 1. The lowest BCUT2D eigenvalue weighted by Crippen LogP contribution is -2.58. The highest BCUT2D eigenvalue weighted by Gasteiger charge is 2.48. The average molecular weight is 406 g/mol. The smallest absolute Gasteiger partial charge is 0.323 e. The number of hydrogen-bond acceptors (Lipinski definition) is 4. The molecule has 2 aromatic rings. The molecule has 1 N–H and O–H groups in total. The molecule has 0 radical (unpaired) electrons. The van der Waals surface area contributed by atoms with Gasteiger partial charge in [-0.3, -0.25) is 4.79 Å². The molecule has 2 aromatic carbocycles. The number of carbonyl (C=O) groups is 1. The SMILES string of the molecule is Cc1ccc(-c2ccc(S(=O)(=O)N3CCSC(C)(C)C3C(=O)O)cc2)cc1. The van der Waals surface area contributed by atoms with E-state index in [9.17, 15) is 18.3 Å². The first-order valence-electron chi connectivity index (χ1n) is 8.69. The minimum Gasteiger partial charge on any atom is -0.480 e. The zero-order valence-electron chi connectivity index (χ0n) is 15.5. The molecule has 1 heterocycles. The largest absolute Gasteiger partial charge is 0.480 e. The van der Waals surface area contributed by atoms with Crippen molar-refractivity contribution in [3.8, 4) is 11.1 Å². The number of aliphatic carboxylic acids is 1. The van der Waals surface area contributed by atoms with Gasteiger partial charge < -0.3 is 5.11 Å². The molecule has 1 unspecified atom stereocenters. The van der Waals surface area contributed by atoms with Gasteiger partial charge in [0.25, 0.3) is 0 Å². The molecule has 1 saturated heterocycles. The molecule has 3 rings (SSSR count). The molecule has 27 heavy (non-hydrogen) atoms. The summed E-state index contributed by atoms with van der Waals surface area (Å²) in [6.07, 6.45) is 0. The third-order valence-electron chi connectivity index (χ3n) is 4.81. The Morgan fingerprint density at radius 2 is 1.59 bits per heavy atom. The van der Waals surface area contributed by atoms with E-state index in [0.717, 1.165) is 21.0 Å². The van der Waals surface area contributed by atoms with Gasteiger partial charge in [-0.2, -0.15) is 16.1 Å². The van der Waals surface area contributed by atoms with Crippen molar-refractivity contribution in [2.75, 3.05) is 12.3 Å². The van der Waals surface area contributed by atoms with Crippen LogP contribution in [0.4, 0.5) is 0 Å². The van der Waals surface area contributed by atoms with Crippen LogP contribution in [0.3, 0.4) is 0 Å². The van der Waals surface area contributed by atoms with Crippen molar-refractivity contribution in [3.63, 3.8) is 0 Å². The van der Waals surface area contributed by atoms with Gasteiger partial charge in [0.05, 0.1) is 4.90 Å². The molecule has 0 spiro atoms. The van der Waals surface area contributed by atoms with E-state index in [1.807, 2.05) is 31.2 Å². The fourth-order valence-electron chi connectivity index (χ4n) is 3.33. The van der Waals surface area contributed by atoms with Crippen molar-refractivity contribution in [2.45, 2.75) is 36.5 Å². The summed E-state index contributed by atoms with van der Waals surface area (Å²) in [5, 5.41) is 9.65. The quantitative estimate of drug-likeness (QED) is 0.841. The normalized spacial score (nSPS) is 20.3. The van der Waals surface area contributed by atoms with Gasteiger partial charge >= 0.3 is 5.97 Å². The van der Waals surface area contributed by atoms with Crippen LogP contribution in [0.1, 0.15) is 19.4 Å². The zero-order valence-corrected chi connectivity index (χ0v) is 17.2. The third kappa shape index (κ3) is 3.90. The van der Waals surface area contributed by atoms with Crippen molar-refractivity contribution in [1.82, 2.24) is 4.31 Å². The molecular weight excluding hydrogens is 382 g/mol. The highest BCUT2D eigenvalue weighted by molar-refractivity contribution is 8.00. The number of carboxylic acid groups (broad SMARTS) is 1. The Morgan fingerprint density at radius 3 is 2.11 bits per heavy atom. The molecule has 0 aliphatic carbocycles. The molecule has 1 fully saturated rings. The summed E-state index contributed by atoms with van der Waals surface area (Å²) < 4.78 is 26.7. The topological polar surface area (TPSA) is 74.7 Å². The summed E-state index contributed by atoms with van der Waals surface area (Å²) in [4.78, 5) is 11.9. The molecule has 0 bridgehead atoms. The lowest BCUT2D eigenvalue weighted by Gasteiger charge is -2.42. The number of hydrogen-bond donors (Lipinski definition) is 1. The second kappa shape index (κ2) is 7.30. The van der Waals surface area contributed by atoms with Gasteiger partial charge in [-0.15, -0.1) is 0 Å². The average Bonchev–Trinajstić information content (AvgIpc) is 2.61. The maximum atomic E-state index is 13.1. The van der Waals surface area contributed by atoms with Gasteiger partial charge in [0.15, 0.2) is 0 Å². The molecule has 1 atom stereocenters. The second-order valence-electron chi connectivity index (χ2n) is 7.20. The Morgan fingerprint density at radius 1 is 1.07 bits per heavy atom. The van der Waals surface area contributed by atoms with Gasteiger partial charge in [-0.1, -0.05) is 42.0 Å². The molecule has 0 aromatic heterocycles. The molecule has 7 heteroatoms. The summed E-state index contributed by atoms with van der Waals surface area (Å²) in [5.74, 6) is -0.552. The van der Waals surface area contributed by atoms with Gasteiger partial charge in [0, 0.05) is 17.0 Å². The lowest BCUT2D eigenvalue weighted by atomic mass is 10.0. The van der Waals surface area contributed by atoms with Crippen molar-refractivity contribution in [3.05, 3.63) is 54.1 Å². The van der Waals surface area contributed by atoms with E-state index in [1.54, 1.807) is 38.1 Å². The first kappa shape index (κ1) is 19.9. The first-order valence-corrected chi connectivity index (χ1v) is 11.1. The van der Waals surface area contributed by atoms with Crippen LogP contribution >= 0.6 is 11.8 Å². The number of aryl methyl sites for hydroxylation is 1. The van der Waals surface area contributed by atoms with Gasteiger partial charge in [0.2, 0.25) is 10.0 Å². The van der Waals surface area contributed by atoms with E-state index in [4.69, 9.17) is 0 Å². The summed E-state index contributed by atoms with van der Waals surface area (Å²) >= 11 is 1.49. The predicted octanol–water partition coefficient (Wildman–Crippen LogP) is 3.63. The Bertz CT molecular complexity index is 935. The predicted molar refractivity (Wildman–Crippen MR) is 108 cm³/mol. The van der Waals surface area contributed by atoms with Gasteiger partial charge in [0.1, 0.15) is 6.04 Å². The van der Waals surface area contributed by atoms with Crippen molar-refractivity contribution < 1.29 is 18.3 Å². The summed E-state index contributed by atoms with van der Waals surface area (Å²) in [5.41, 5.74) is 3.07. The van der Waals surface area contributed by atoms with Crippen molar-refractivity contribution in [1.29, 1.82) is 0 Å². The van der Waals surface area contributed by atoms with E-state index in [1.165, 1.54) is 11.8 Å². The maximum absolute atomic E-state index is 13.1. The van der Waals surface area contributed by atoms with Crippen LogP contribution in [-0.4, -0.2) is 46.9 Å². The summed E-state index contributed by atoms with van der Waals surface area (Å²) in [6.45, 7) is 5.75. The number of carboxylic acids is 1. The fraction of sp³-hybridized carbons (Fsp3) is 0.350. The van der Waals surface area contributed by atoms with E-state index in [2.05, 4.69) is 0 Å². The van der Waals surface area contributed by atoms with E-state index < -0.39 is 26.8 Å². The molecule has 144 valence electrons. The Labute approximate surface area is 164 Å². The zero-order chi connectivity index (χ0) is 19.8. The minimum absolute atomic E-state index is 0.118. The standard InChI is InChI=1S/C20H23NO4S2/c1-14-4-6-15(7-5-14)16-8-10-17(11-9-16)27(24,25)21-12-13-26-20(2,3)18(21)19(22)23/h4-11,18H,12-13H2,1-3H3,(H,22,23). The highest BCUT2D eigenvalue weighted by atomic mass is 32.2. The van der Waals surface area contributed by atoms with Crippen molar-refractivity contribution in [2.24, 2.45) is 0 Å². The second-order valence-corrected chi connectivity index (χ2v) is 10.8. The van der Waals surface area contributed by atoms with E-state index >= 15 is 0 Å². The maximum Gasteiger partial charge on any atom is 0.323 e. The molecule has 1 aliphatic rings. The molecule has 0 saturated carbocycles. The van der Waals surface area contributed by atoms with Crippen molar-refractivity contribution >= 4 is 27.8 Å². The third-order valence-corrected chi connectivity index (χ3v) is 8.04. The first-order chi connectivity index (χ1) is 12.6. The van der Waals surface area contributed by atoms with Crippen LogP contribution in [0.15, 0.2) is 53.4 Å². The van der Waals surface area contributed by atoms with E-state index in [-0.39, 0.29) is 11.4 Å². The summed E-state index contributed by atoms with van der Waals surface area (Å²) in [6, 6.07) is 13.5. The number of thioether (sulfide) groups is 1. The Balaban J connectivity index is 1.94. The van der Waals surface area contributed by atoms with Gasteiger partial charge in [-0.25, -0.2) is 8.42 Å². The summed E-state index contributed by atoms with van der Waals surface area (Å²) in [7, 11) is -3.89. The molecule has 0 amide bonds. The minimum atomic E-state index is -3.89. The lowest BCUT2D eigenvalue weighted by molar-refractivity contribution is -0.142. The van der Waals surface area contributed by atoms with Crippen LogP contribution in [0.5, 0.6) is 0 Å². The monoisotopic (exact) mass is 405 g/mol. The van der Waals surface area contributed by atoms with Crippen LogP contribution in [0, 0.1) is 6.92 Å². The molecule has 5 nitrogen and oxygen atoms in total. The number of rotatable bonds is 4. The van der Waals surface area contributed by atoms with Crippen LogP contribution < -0.4 is 0 Å². The van der Waals surface area contributed by atoms with Crippen LogP contribution in [0.2, 0.25) is 0 Å². The Kier molecular flexibility index (Phi) is 5.38. The fourth-order valence-corrected chi connectivity index (χ4v) is 6.43. The molecule has 1 aliphatic heterocycles. The van der Waals surface area contributed by atoms with E-state index in [0.29, 0.717) is 5.75 Å². The van der Waals surface area contributed by atoms with Gasteiger partial charge in [-0.05, 0) is 44.0 Å². The van der Waals surface area contributed by atoms with Crippen LogP contribution in [-0.2, 0) is 14.8 Å². The molecular formula is C20H23NO4S2. The number of benzene rings is 2. The highest BCUT2D eigenvalue weighted by Crippen LogP contribution is 2.38.